The Morgan fingerprint density at radius 1 is 1.32 bits per heavy atom. The number of rotatable bonds is 6. The number of aromatic nitrogens is 1. The lowest BCUT2D eigenvalue weighted by Crippen LogP contribution is -2.39. The fourth-order valence-corrected chi connectivity index (χ4v) is 3.24. The molecule has 1 saturated heterocycles. The number of benzene rings is 1. The number of amides is 1. The van der Waals surface area contributed by atoms with E-state index in [0.29, 0.717) is 18.9 Å². The minimum absolute atomic E-state index is 0.170. The van der Waals surface area contributed by atoms with Crippen LogP contribution in [0.25, 0.3) is 0 Å². The molecule has 0 bridgehead atoms. The minimum atomic E-state index is 0.170. The topological polar surface area (TPSA) is 54.5 Å². The predicted octanol–water partition coefficient (Wildman–Crippen LogP) is 3.30. The van der Waals surface area contributed by atoms with Gasteiger partial charge in [-0.25, -0.2) is 4.98 Å². The summed E-state index contributed by atoms with van der Waals surface area (Å²) in [6, 6.07) is 13.8. The lowest BCUT2D eigenvalue weighted by atomic mass is 9.91. The van der Waals surface area contributed by atoms with Crippen molar-refractivity contribution in [3.8, 4) is 5.75 Å². The van der Waals surface area contributed by atoms with Gasteiger partial charge >= 0.3 is 0 Å². The number of carbonyl (C=O) groups excluding carboxylic acids is 1. The molecule has 25 heavy (non-hydrogen) atoms. The molecule has 132 valence electrons. The Morgan fingerprint density at radius 2 is 2.16 bits per heavy atom. The lowest BCUT2D eigenvalue weighted by Gasteiger charge is -2.33. The van der Waals surface area contributed by atoms with Crippen LogP contribution < -0.4 is 10.1 Å². The molecule has 1 atom stereocenters. The molecular weight excluding hydrogens is 314 g/mol. The summed E-state index contributed by atoms with van der Waals surface area (Å²) in [4.78, 5) is 18.8. The zero-order valence-electron chi connectivity index (χ0n) is 14.6. The summed E-state index contributed by atoms with van der Waals surface area (Å²) < 4.78 is 5.65. The van der Waals surface area contributed by atoms with Gasteiger partial charge in [-0.3, -0.25) is 4.79 Å². The standard InChI is InChI=1S/C20H25N3O2/c1-21-19-14-16(9-11-22-19)17-6-5-12-23(15-17)20(24)10-13-25-18-7-3-2-4-8-18/h2-4,7-9,11,14,17H,5-6,10,12-13,15H2,1H3,(H,21,22)/t17-/m1/s1. The second-order valence-corrected chi connectivity index (χ2v) is 6.31. The zero-order valence-corrected chi connectivity index (χ0v) is 14.6. The van der Waals surface area contributed by atoms with E-state index < -0.39 is 0 Å². The normalized spacial score (nSPS) is 17.2. The van der Waals surface area contributed by atoms with Crippen LogP contribution in [0.5, 0.6) is 5.75 Å². The Hall–Kier alpha value is -2.56. The first-order valence-electron chi connectivity index (χ1n) is 8.85. The number of nitrogens with zero attached hydrogens (tertiary/aromatic N) is 2. The summed E-state index contributed by atoms with van der Waals surface area (Å²) in [5.74, 6) is 2.23. The largest absolute Gasteiger partial charge is 0.493 e. The van der Waals surface area contributed by atoms with Gasteiger partial charge in [0.05, 0.1) is 13.0 Å². The van der Waals surface area contributed by atoms with Crippen molar-refractivity contribution in [3.05, 3.63) is 54.2 Å². The second-order valence-electron chi connectivity index (χ2n) is 6.31. The fraction of sp³-hybridized carbons (Fsp3) is 0.400. The molecular formula is C20H25N3O2. The van der Waals surface area contributed by atoms with Crippen molar-refractivity contribution in [2.45, 2.75) is 25.2 Å². The van der Waals surface area contributed by atoms with E-state index in [0.717, 1.165) is 37.5 Å². The third-order valence-electron chi connectivity index (χ3n) is 4.61. The van der Waals surface area contributed by atoms with E-state index in [4.69, 9.17) is 4.74 Å². The molecule has 0 saturated carbocycles. The number of hydrogen-bond donors (Lipinski definition) is 1. The van der Waals surface area contributed by atoms with Crippen LogP contribution in [0.3, 0.4) is 0 Å². The average molecular weight is 339 g/mol. The monoisotopic (exact) mass is 339 g/mol. The third-order valence-corrected chi connectivity index (χ3v) is 4.61. The molecule has 1 N–H and O–H groups in total. The summed E-state index contributed by atoms with van der Waals surface area (Å²) in [7, 11) is 1.87. The molecule has 1 aromatic heterocycles. The number of piperidine rings is 1. The molecule has 1 amide bonds. The molecule has 2 heterocycles. The number of nitrogens with one attached hydrogen (secondary N) is 1. The molecule has 0 spiro atoms. The van der Waals surface area contributed by atoms with E-state index in [-0.39, 0.29) is 5.91 Å². The highest BCUT2D eigenvalue weighted by atomic mass is 16.5. The van der Waals surface area contributed by atoms with Gasteiger partial charge in [0.2, 0.25) is 5.91 Å². The van der Waals surface area contributed by atoms with Crippen molar-refractivity contribution in [1.29, 1.82) is 0 Å². The summed E-state index contributed by atoms with van der Waals surface area (Å²) in [5, 5.41) is 3.08. The molecule has 0 aliphatic carbocycles. The molecule has 5 heteroatoms. The smallest absolute Gasteiger partial charge is 0.226 e. The molecule has 0 unspecified atom stereocenters. The third kappa shape index (κ3) is 4.72. The van der Waals surface area contributed by atoms with E-state index in [1.807, 2.05) is 48.5 Å². The SMILES string of the molecule is CNc1cc([C@@H]2CCCN(C(=O)CCOc3ccccc3)C2)ccn1. The first kappa shape index (κ1) is 17.3. The van der Waals surface area contributed by atoms with Crippen LogP contribution in [0.15, 0.2) is 48.7 Å². The summed E-state index contributed by atoms with van der Waals surface area (Å²) in [6.45, 7) is 2.03. The second kappa shape index (κ2) is 8.51. The minimum Gasteiger partial charge on any atom is -0.493 e. The van der Waals surface area contributed by atoms with Gasteiger partial charge in [-0.2, -0.15) is 0 Å². The van der Waals surface area contributed by atoms with Gasteiger partial charge in [0.15, 0.2) is 0 Å². The number of likely N-dealkylation sites (tertiary alicyclic amines) is 1. The van der Waals surface area contributed by atoms with Crippen molar-refractivity contribution in [2.24, 2.45) is 0 Å². The van der Waals surface area contributed by atoms with Crippen molar-refractivity contribution < 1.29 is 9.53 Å². The molecule has 1 aliphatic heterocycles. The molecule has 5 nitrogen and oxygen atoms in total. The number of hydrogen-bond acceptors (Lipinski definition) is 4. The van der Waals surface area contributed by atoms with Crippen LogP contribution in [0.4, 0.5) is 5.82 Å². The molecule has 1 aromatic carbocycles. The highest BCUT2D eigenvalue weighted by molar-refractivity contribution is 5.76. The van der Waals surface area contributed by atoms with Crippen molar-refractivity contribution in [2.75, 3.05) is 32.1 Å². The number of anilines is 1. The zero-order chi connectivity index (χ0) is 17.5. The maximum Gasteiger partial charge on any atom is 0.226 e. The average Bonchev–Trinajstić information content (AvgIpc) is 2.69. The fourth-order valence-electron chi connectivity index (χ4n) is 3.24. The van der Waals surface area contributed by atoms with E-state index in [1.54, 1.807) is 0 Å². The number of pyridine rings is 1. The quantitative estimate of drug-likeness (QED) is 0.877. The molecule has 2 aromatic rings. The number of ether oxygens (including phenoxy) is 1. The maximum atomic E-state index is 12.5. The highest BCUT2D eigenvalue weighted by Crippen LogP contribution is 2.28. The summed E-state index contributed by atoms with van der Waals surface area (Å²) >= 11 is 0. The maximum absolute atomic E-state index is 12.5. The van der Waals surface area contributed by atoms with Gasteiger partial charge in [0, 0.05) is 32.3 Å². The molecule has 1 fully saturated rings. The van der Waals surface area contributed by atoms with Crippen molar-refractivity contribution >= 4 is 11.7 Å². The van der Waals surface area contributed by atoms with Gasteiger partial charge in [-0.05, 0) is 42.7 Å². The Kier molecular flexibility index (Phi) is 5.88. The van der Waals surface area contributed by atoms with Crippen LogP contribution in [0.1, 0.15) is 30.7 Å². The number of para-hydroxylation sites is 1. The van der Waals surface area contributed by atoms with E-state index in [1.165, 1.54) is 5.56 Å². The van der Waals surface area contributed by atoms with E-state index >= 15 is 0 Å². The van der Waals surface area contributed by atoms with Gasteiger partial charge in [0.1, 0.15) is 11.6 Å². The van der Waals surface area contributed by atoms with Gasteiger partial charge < -0.3 is 15.0 Å². The summed E-state index contributed by atoms with van der Waals surface area (Å²) in [5.41, 5.74) is 1.25. The van der Waals surface area contributed by atoms with E-state index in [9.17, 15) is 4.79 Å². The first-order valence-corrected chi connectivity index (χ1v) is 8.85. The van der Waals surface area contributed by atoms with Crippen molar-refractivity contribution in [1.82, 2.24) is 9.88 Å². The van der Waals surface area contributed by atoms with Crippen LogP contribution in [0, 0.1) is 0 Å². The Labute approximate surface area is 149 Å². The van der Waals surface area contributed by atoms with Crippen LogP contribution in [-0.2, 0) is 4.79 Å². The van der Waals surface area contributed by atoms with E-state index in [2.05, 4.69) is 22.4 Å². The Bertz CT molecular complexity index is 690. The number of carbonyl (C=O) groups is 1. The Morgan fingerprint density at radius 3 is 2.96 bits per heavy atom. The van der Waals surface area contributed by atoms with Crippen LogP contribution in [0.2, 0.25) is 0 Å². The summed E-state index contributed by atoms with van der Waals surface area (Å²) in [6.07, 6.45) is 4.39. The molecule has 3 rings (SSSR count). The predicted molar refractivity (Wildman–Crippen MR) is 98.9 cm³/mol. The van der Waals surface area contributed by atoms with Crippen LogP contribution in [-0.4, -0.2) is 42.5 Å². The first-order chi connectivity index (χ1) is 12.3. The Balaban J connectivity index is 1.52. The van der Waals surface area contributed by atoms with Crippen molar-refractivity contribution in [3.63, 3.8) is 0 Å². The highest BCUT2D eigenvalue weighted by Gasteiger charge is 2.24. The lowest BCUT2D eigenvalue weighted by molar-refractivity contribution is -0.132. The van der Waals surface area contributed by atoms with Gasteiger partial charge in [-0.15, -0.1) is 0 Å². The van der Waals surface area contributed by atoms with Gasteiger partial charge in [-0.1, -0.05) is 18.2 Å². The molecule has 0 radical (unpaired) electrons. The molecule has 1 aliphatic rings. The van der Waals surface area contributed by atoms with Gasteiger partial charge in [0.25, 0.3) is 0 Å². The van der Waals surface area contributed by atoms with Crippen LogP contribution >= 0.6 is 0 Å².